The van der Waals surface area contributed by atoms with E-state index in [4.69, 9.17) is 9.47 Å². The summed E-state index contributed by atoms with van der Waals surface area (Å²) in [4.78, 5) is 30.1. The van der Waals surface area contributed by atoms with Gasteiger partial charge in [-0.15, -0.1) is 0 Å². The van der Waals surface area contributed by atoms with Crippen LogP contribution in [0.2, 0.25) is 0 Å². The van der Waals surface area contributed by atoms with Gasteiger partial charge in [0, 0.05) is 25.5 Å². The van der Waals surface area contributed by atoms with E-state index in [1.54, 1.807) is 24.2 Å². The van der Waals surface area contributed by atoms with Crippen molar-refractivity contribution in [3.05, 3.63) is 59.4 Å². The zero-order chi connectivity index (χ0) is 19.6. The zero-order valence-corrected chi connectivity index (χ0v) is 16.1. The maximum Gasteiger partial charge on any atom is 0.307 e. The smallest absolute Gasteiger partial charge is 0.307 e. The molecule has 0 unspecified atom stereocenters. The van der Waals surface area contributed by atoms with Crippen molar-refractivity contribution in [2.75, 3.05) is 19.8 Å². The second kappa shape index (κ2) is 10.3. The van der Waals surface area contributed by atoms with Gasteiger partial charge in [-0.05, 0) is 43.5 Å². The first-order valence-electron chi connectivity index (χ1n) is 9.02. The van der Waals surface area contributed by atoms with Crippen LogP contribution in [0, 0.1) is 13.8 Å². The predicted octanol–water partition coefficient (Wildman–Crippen LogP) is 3.06. The molecule has 0 atom stereocenters. The summed E-state index contributed by atoms with van der Waals surface area (Å²) in [5.74, 6) is 0.209. The number of nitrogens with zero attached hydrogens (tertiary/aromatic N) is 2. The summed E-state index contributed by atoms with van der Waals surface area (Å²) in [6.45, 7) is 6.52. The maximum absolute atomic E-state index is 12.7. The summed E-state index contributed by atoms with van der Waals surface area (Å²) in [6.07, 6.45) is 3.53. The van der Waals surface area contributed by atoms with Gasteiger partial charge >= 0.3 is 5.97 Å². The molecule has 0 fully saturated rings. The first-order chi connectivity index (χ1) is 13.0. The van der Waals surface area contributed by atoms with E-state index in [2.05, 4.69) is 4.98 Å². The maximum atomic E-state index is 12.7. The third-order valence-electron chi connectivity index (χ3n) is 4.09. The van der Waals surface area contributed by atoms with E-state index < -0.39 is 0 Å². The Labute approximate surface area is 160 Å². The Morgan fingerprint density at radius 1 is 1.11 bits per heavy atom. The van der Waals surface area contributed by atoms with Crippen LogP contribution in [0.3, 0.4) is 0 Å². The number of hydrogen-bond acceptors (Lipinski definition) is 5. The van der Waals surface area contributed by atoms with Crippen LogP contribution in [-0.4, -0.2) is 41.5 Å². The molecule has 0 aliphatic rings. The fourth-order valence-corrected chi connectivity index (χ4v) is 2.72. The lowest BCUT2D eigenvalue weighted by Crippen LogP contribution is -2.36. The number of hydrogen-bond donors (Lipinski definition) is 0. The second-order valence-electron chi connectivity index (χ2n) is 6.24. The lowest BCUT2D eigenvalue weighted by Gasteiger charge is -2.23. The number of carbonyl (C=O) groups excluding carboxylic acids is 2. The summed E-state index contributed by atoms with van der Waals surface area (Å²) < 4.78 is 10.7. The average molecular weight is 370 g/mol. The molecule has 1 aromatic heterocycles. The van der Waals surface area contributed by atoms with Crippen LogP contribution >= 0.6 is 0 Å². The van der Waals surface area contributed by atoms with Crippen LogP contribution in [0.25, 0.3) is 0 Å². The van der Waals surface area contributed by atoms with Crippen molar-refractivity contribution in [3.8, 4) is 5.75 Å². The molecular weight excluding hydrogens is 344 g/mol. The van der Waals surface area contributed by atoms with E-state index in [0.29, 0.717) is 13.2 Å². The van der Waals surface area contributed by atoms with Crippen molar-refractivity contribution in [2.24, 2.45) is 0 Å². The molecule has 1 heterocycles. The third-order valence-corrected chi connectivity index (χ3v) is 4.09. The molecule has 1 amide bonds. The van der Waals surface area contributed by atoms with E-state index in [1.807, 2.05) is 44.2 Å². The molecule has 27 heavy (non-hydrogen) atoms. The summed E-state index contributed by atoms with van der Waals surface area (Å²) in [5, 5.41) is 0. The van der Waals surface area contributed by atoms with Crippen molar-refractivity contribution < 1.29 is 19.1 Å². The number of para-hydroxylation sites is 1. The number of pyridine rings is 1. The van der Waals surface area contributed by atoms with Gasteiger partial charge in [0.15, 0.2) is 6.61 Å². The Kier molecular flexibility index (Phi) is 7.79. The number of amides is 1. The summed E-state index contributed by atoms with van der Waals surface area (Å²) in [5.41, 5.74) is 2.85. The number of carbonyl (C=O) groups is 2. The number of benzene rings is 1. The Hall–Kier alpha value is -2.89. The highest BCUT2D eigenvalue weighted by molar-refractivity contribution is 5.78. The summed E-state index contributed by atoms with van der Waals surface area (Å²) >= 11 is 0. The molecule has 2 rings (SSSR count). The van der Waals surface area contributed by atoms with Gasteiger partial charge in [0.05, 0.1) is 13.0 Å². The molecular formula is C21H26N2O4. The molecule has 0 bridgehead atoms. The van der Waals surface area contributed by atoms with Gasteiger partial charge in [-0.1, -0.05) is 24.3 Å². The van der Waals surface area contributed by atoms with Gasteiger partial charge in [-0.25, -0.2) is 0 Å². The first-order valence-corrected chi connectivity index (χ1v) is 9.02. The third kappa shape index (κ3) is 6.40. The normalized spacial score (nSPS) is 10.3. The van der Waals surface area contributed by atoms with Gasteiger partial charge in [0.1, 0.15) is 5.75 Å². The molecule has 6 heteroatoms. The highest BCUT2D eigenvalue weighted by Gasteiger charge is 2.17. The van der Waals surface area contributed by atoms with Gasteiger partial charge in [-0.2, -0.15) is 0 Å². The predicted molar refractivity (Wildman–Crippen MR) is 102 cm³/mol. The van der Waals surface area contributed by atoms with Crippen LogP contribution in [0.4, 0.5) is 0 Å². The fraction of sp³-hybridized carbons (Fsp3) is 0.381. The van der Waals surface area contributed by atoms with Gasteiger partial charge in [0.25, 0.3) is 5.91 Å². The van der Waals surface area contributed by atoms with Crippen LogP contribution in [0.15, 0.2) is 42.7 Å². The SMILES string of the molecule is CCOC(=O)CCN(Cc1cccnc1)C(=O)COc1c(C)cccc1C. The Morgan fingerprint density at radius 2 is 1.85 bits per heavy atom. The molecule has 0 spiro atoms. The Bertz CT molecular complexity index is 742. The van der Waals surface area contributed by atoms with Crippen LogP contribution in [0.1, 0.15) is 30.0 Å². The Morgan fingerprint density at radius 3 is 2.48 bits per heavy atom. The van der Waals surface area contributed by atoms with E-state index in [1.165, 1.54) is 0 Å². The number of rotatable bonds is 9. The highest BCUT2D eigenvalue weighted by Crippen LogP contribution is 2.22. The van der Waals surface area contributed by atoms with Crippen molar-refractivity contribution in [3.63, 3.8) is 0 Å². The van der Waals surface area contributed by atoms with Gasteiger partial charge in [0.2, 0.25) is 0 Å². The largest absolute Gasteiger partial charge is 0.483 e. The van der Waals surface area contributed by atoms with Crippen molar-refractivity contribution in [1.82, 2.24) is 9.88 Å². The quantitative estimate of drug-likeness (QED) is 0.635. The van der Waals surface area contributed by atoms with E-state index in [0.717, 1.165) is 22.4 Å². The van der Waals surface area contributed by atoms with E-state index in [-0.39, 0.29) is 31.4 Å². The first kappa shape index (κ1) is 20.4. The molecule has 6 nitrogen and oxygen atoms in total. The van der Waals surface area contributed by atoms with Crippen molar-refractivity contribution in [1.29, 1.82) is 0 Å². The van der Waals surface area contributed by atoms with Crippen LogP contribution < -0.4 is 4.74 Å². The minimum atomic E-state index is -0.322. The molecule has 144 valence electrons. The number of ether oxygens (including phenoxy) is 2. The second-order valence-corrected chi connectivity index (χ2v) is 6.24. The number of aryl methyl sites for hydroxylation is 2. The zero-order valence-electron chi connectivity index (χ0n) is 16.1. The van der Waals surface area contributed by atoms with E-state index >= 15 is 0 Å². The standard InChI is InChI=1S/C21H26N2O4/c1-4-26-20(25)10-12-23(14-18-9-6-11-22-13-18)19(24)15-27-21-16(2)7-5-8-17(21)3/h5-9,11,13H,4,10,12,14-15H2,1-3H3. The van der Waals surface area contributed by atoms with Gasteiger partial charge in [-0.3, -0.25) is 14.6 Å². The molecule has 1 aromatic carbocycles. The molecule has 0 aliphatic heterocycles. The van der Waals surface area contributed by atoms with Crippen molar-refractivity contribution in [2.45, 2.75) is 33.7 Å². The molecule has 0 aliphatic carbocycles. The molecule has 0 radical (unpaired) electrons. The van der Waals surface area contributed by atoms with E-state index in [9.17, 15) is 9.59 Å². The lowest BCUT2D eigenvalue weighted by atomic mass is 10.1. The Balaban J connectivity index is 2.04. The molecule has 0 N–H and O–H groups in total. The highest BCUT2D eigenvalue weighted by atomic mass is 16.5. The number of aromatic nitrogens is 1. The van der Waals surface area contributed by atoms with Crippen LogP contribution in [0.5, 0.6) is 5.75 Å². The monoisotopic (exact) mass is 370 g/mol. The van der Waals surface area contributed by atoms with Crippen LogP contribution in [-0.2, 0) is 20.9 Å². The minimum Gasteiger partial charge on any atom is -0.483 e. The lowest BCUT2D eigenvalue weighted by molar-refractivity contribution is -0.144. The summed E-state index contributed by atoms with van der Waals surface area (Å²) in [7, 11) is 0. The van der Waals surface area contributed by atoms with Crippen molar-refractivity contribution >= 4 is 11.9 Å². The summed E-state index contributed by atoms with van der Waals surface area (Å²) in [6, 6.07) is 9.55. The minimum absolute atomic E-state index is 0.0885. The molecule has 0 saturated carbocycles. The average Bonchev–Trinajstić information content (AvgIpc) is 2.65. The fourth-order valence-electron chi connectivity index (χ4n) is 2.72. The van der Waals surface area contributed by atoms with Gasteiger partial charge < -0.3 is 14.4 Å². The number of esters is 1. The molecule has 0 saturated heterocycles. The molecule has 2 aromatic rings. The topological polar surface area (TPSA) is 68.7 Å².